The summed E-state index contributed by atoms with van der Waals surface area (Å²) in [7, 11) is 0. The molecule has 3 nitrogen and oxygen atoms in total. The van der Waals surface area contributed by atoms with Gasteiger partial charge >= 0.3 is 6.18 Å². The highest BCUT2D eigenvalue weighted by Crippen LogP contribution is 2.32. The Morgan fingerprint density at radius 1 is 1.16 bits per heavy atom. The zero-order chi connectivity index (χ0) is 14.0. The molecule has 0 atom stereocenters. The molecule has 0 saturated carbocycles. The number of halogens is 4. The molecule has 100 valence electrons. The van der Waals surface area contributed by atoms with E-state index in [0.717, 1.165) is 12.1 Å². The Kier molecular flexibility index (Phi) is 3.75. The van der Waals surface area contributed by atoms with E-state index in [0.29, 0.717) is 15.7 Å². The van der Waals surface area contributed by atoms with Gasteiger partial charge < -0.3 is 5.32 Å². The molecule has 1 aromatic carbocycles. The van der Waals surface area contributed by atoms with Crippen molar-refractivity contribution in [3.63, 3.8) is 0 Å². The van der Waals surface area contributed by atoms with Gasteiger partial charge in [0.15, 0.2) is 0 Å². The van der Waals surface area contributed by atoms with Gasteiger partial charge in [0.25, 0.3) is 0 Å². The molecule has 0 radical (unpaired) electrons. The third kappa shape index (κ3) is 3.44. The van der Waals surface area contributed by atoms with Crippen molar-refractivity contribution >= 4 is 27.6 Å². The molecule has 1 heterocycles. The van der Waals surface area contributed by atoms with Gasteiger partial charge in [-0.3, -0.25) is 0 Å². The number of anilines is 2. The smallest absolute Gasteiger partial charge is 0.324 e. The third-order valence-corrected chi connectivity index (χ3v) is 2.84. The van der Waals surface area contributed by atoms with Crippen molar-refractivity contribution in [1.82, 2.24) is 9.97 Å². The van der Waals surface area contributed by atoms with Gasteiger partial charge in [-0.15, -0.1) is 0 Å². The van der Waals surface area contributed by atoms with Crippen molar-refractivity contribution in [2.24, 2.45) is 0 Å². The van der Waals surface area contributed by atoms with Gasteiger partial charge in [0.2, 0.25) is 5.95 Å². The summed E-state index contributed by atoms with van der Waals surface area (Å²) in [5, 5.41) is 2.77. The number of nitrogens with one attached hydrogen (secondary N) is 1. The van der Waals surface area contributed by atoms with Gasteiger partial charge in [0.1, 0.15) is 0 Å². The molecule has 0 fully saturated rings. The lowest BCUT2D eigenvalue weighted by Crippen LogP contribution is -2.06. The second-order valence-corrected chi connectivity index (χ2v) is 4.79. The number of hydrogen-bond donors (Lipinski definition) is 1. The number of aromatic nitrogens is 2. The largest absolute Gasteiger partial charge is 0.416 e. The summed E-state index contributed by atoms with van der Waals surface area (Å²) in [6.45, 7) is 1.71. The van der Waals surface area contributed by atoms with Gasteiger partial charge in [0.05, 0.1) is 10.0 Å². The van der Waals surface area contributed by atoms with Crippen molar-refractivity contribution in [1.29, 1.82) is 0 Å². The second-order valence-electron chi connectivity index (χ2n) is 3.88. The summed E-state index contributed by atoms with van der Waals surface area (Å²) in [6.07, 6.45) is -1.35. The number of nitrogens with zero attached hydrogens (tertiary/aromatic N) is 2. The molecular formula is C12H9BrF3N3. The Hall–Kier alpha value is -1.63. The zero-order valence-electron chi connectivity index (χ0n) is 9.79. The molecule has 0 bridgehead atoms. The fourth-order valence-electron chi connectivity index (χ4n) is 1.43. The number of alkyl halides is 3. The van der Waals surface area contributed by atoms with E-state index < -0.39 is 11.7 Å². The van der Waals surface area contributed by atoms with Crippen LogP contribution in [0.3, 0.4) is 0 Å². The summed E-state index contributed by atoms with van der Waals surface area (Å²) >= 11 is 3.18. The molecule has 1 N–H and O–H groups in total. The van der Waals surface area contributed by atoms with E-state index in [4.69, 9.17) is 0 Å². The van der Waals surface area contributed by atoms with E-state index in [9.17, 15) is 13.2 Å². The van der Waals surface area contributed by atoms with Crippen LogP contribution < -0.4 is 5.32 Å². The van der Waals surface area contributed by atoms with Crippen LogP contribution in [0.2, 0.25) is 0 Å². The number of benzene rings is 1. The standard InChI is InChI=1S/C12H9BrF3N3/c1-7-2-3-8(12(14,15)16)4-10(7)19-11-17-5-9(13)6-18-11/h2-6H,1H3,(H,17,18,19). The molecule has 0 aliphatic carbocycles. The molecule has 0 aliphatic rings. The van der Waals surface area contributed by atoms with Gasteiger partial charge in [-0.25, -0.2) is 9.97 Å². The predicted octanol–water partition coefficient (Wildman–Crippen LogP) is 4.31. The number of hydrogen-bond acceptors (Lipinski definition) is 3. The van der Waals surface area contributed by atoms with E-state index in [1.54, 1.807) is 6.92 Å². The monoisotopic (exact) mass is 331 g/mol. The quantitative estimate of drug-likeness (QED) is 0.891. The van der Waals surface area contributed by atoms with Crippen LogP contribution in [0.25, 0.3) is 0 Å². The van der Waals surface area contributed by atoms with Crippen LogP contribution in [-0.4, -0.2) is 9.97 Å². The van der Waals surface area contributed by atoms with Crippen LogP contribution in [0.1, 0.15) is 11.1 Å². The molecular weight excluding hydrogens is 323 g/mol. The molecule has 0 saturated heterocycles. The Morgan fingerprint density at radius 3 is 2.37 bits per heavy atom. The van der Waals surface area contributed by atoms with E-state index in [-0.39, 0.29) is 5.95 Å². The first kappa shape index (κ1) is 13.8. The first-order valence-corrected chi connectivity index (χ1v) is 6.08. The predicted molar refractivity (Wildman–Crippen MR) is 69.2 cm³/mol. The van der Waals surface area contributed by atoms with Crippen LogP contribution in [-0.2, 0) is 6.18 Å². The average Bonchev–Trinajstić information content (AvgIpc) is 2.33. The zero-order valence-corrected chi connectivity index (χ0v) is 11.4. The number of rotatable bonds is 2. The van der Waals surface area contributed by atoms with Gasteiger partial charge in [0, 0.05) is 18.1 Å². The summed E-state index contributed by atoms with van der Waals surface area (Å²) in [6, 6.07) is 3.49. The summed E-state index contributed by atoms with van der Waals surface area (Å²) < 4.78 is 38.6. The topological polar surface area (TPSA) is 37.8 Å². The fraction of sp³-hybridized carbons (Fsp3) is 0.167. The molecule has 0 amide bonds. The Labute approximate surface area is 116 Å². The summed E-state index contributed by atoms with van der Waals surface area (Å²) in [5.74, 6) is 0.241. The maximum absolute atomic E-state index is 12.6. The maximum atomic E-state index is 12.6. The van der Waals surface area contributed by atoms with Crippen LogP contribution in [0, 0.1) is 6.92 Å². The summed E-state index contributed by atoms with van der Waals surface area (Å²) in [4.78, 5) is 7.91. The molecule has 19 heavy (non-hydrogen) atoms. The Bertz CT molecular complexity index is 582. The molecule has 0 spiro atoms. The third-order valence-electron chi connectivity index (χ3n) is 2.43. The Balaban J connectivity index is 2.31. The van der Waals surface area contributed by atoms with Crippen molar-refractivity contribution < 1.29 is 13.2 Å². The van der Waals surface area contributed by atoms with Crippen LogP contribution in [0.15, 0.2) is 35.1 Å². The molecule has 2 aromatic rings. The first-order chi connectivity index (χ1) is 8.86. The van der Waals surface area contributed by atoms with E-state index in [1.807, 2.05) is 0 Å². The molecule has 0 aliphatic heterocycles. The highest BCUT2D eigenvalue weighted by Gasteiger charge is 2.30. The van der Waals surface area contributed by atoms with E-state index >= 15 is 0 Å². The van der Waals surface area contributed by atoms with E-state index in [1.165, 1.54) is 18.5 Å². The maximum Gasteiger partial charge on any atom is 0.416 e. The van der Waals surface area contributed by atoms with Crippen molar-refractivity contribution in [3.8, 4) is 0 Å². The normalized spacial score (nSPS) is 11.4. The van der Waals surface area contributed by atoms with Gasteiger partial charge in [-0.2, -0.15) is 13.2 Å². The van der Waals surface area contributed by atoms with Crippen LogP contribution in [0.5, 0.6) is 0 Å². The minimum atomic E-state index is -4.37. The second kappa shape index (κ2) is 5.16. The average molecular weight is 332 g/mol. The molecule has 2 rings (SSSR count). The summed E-state index contributed by atoms with van der Waals surface area (Å²) in [5.41, 5.74) is 0.300. The minimum Gasteiger partial charge on any atom is -0.324 e. The number of aryl methyl sites for hydroxylation is 1. The molecule has 7 heteroatoms. The molecule has 1 aromatic heterocycles. The SMILES string of the molecule is Cc1ccc(C(F)(F)F)cc1Nc1ncc(Br)cn1. The highest BCUT2D eigenvalue weighted by molar-refractivity contribution is 9.10. The Morgan fingerprint density at radius 2 is 1.79 bits per heavy atom. The van der Waals surface area contributed by atoms with Crippen LogP contribution in [0.4, 0.5) is 24.8 Å². The first-order valence-electron chi connectivity index (χ1n) is 5.28. The van der Waals surface area contributed by atoms with Crippen molar-refractivity contribution in [2.75, 3.05) is 5.32 Å². The minimum absolute atomic E-state index is 0.241. The lowest BCUT2D eigenvalue weighted by atomic mass is 10.1. The van der Waals surface area contributed by atoms with Crippen LogP contribution >= 0.6 is 15.9 Å². The van der Waals surface area contributed by atoms with Gasteiger partial charge in [-0.05, 0) is 40.5 Å². The fourth-order valence-corrected chi connectivity index (χ4v) is 1.64. The molecule has 0 unspecified atom stereocenters. The van der Waals surface area contributed by atoms with Crippen molar-refractivity contribution in [3.05, 3.63) is 46.2 Å². The highest BCUT2D eigenvalue weighted by atomic mass is 79.9. The lowest BCUT2D eigenvalue weighted by molar-refractivity contribution is -0.137. The van der Waals surface area contributed by atoms with E-state index in [2.05, 4.69) is 31.2 Å². The van der Waals surface area contributed by atoms with Crippen molar-refractivity contribution in [2.45, 2.75) is 13.1 Å². The lowest BCUT2D eigenvalue weighted by Gasteiger charge is -2.12. The van der Waals surface area contributed by atoms with Gasteiger partial charge in [-0.1, -0.05) is 6.07 Å².